The minimum Gasteiger partial charge on any atom is -0.322 e. The molecule has 3 rings (SSSR count). The summed E-state index contributed by atoms with van der Waals surface area (Å²) in [6, 6.07) is 11.4. The Balaban J connectivity index is 2.05. The lowest BCUT2D eigenvalue weighted by molar-refractivity contribution is -0.138. The molecule has 6 heteroatoms. The van der Waals surface area contributed by atoms with Gasteiger partial charge in [0.15, 0.2) is 0 Å². The Morgan fingerprint density at radius 3 is 2.48 bits per heavy atom. The van der Waals surface area contributed by atoms with Crippen molar-refractivity contribution in [2.45, 2.75) is 25.4 Å². The van der Waals surface area contributed by atoms with Crippen LogP contribution in [0.25, 0.3) is 0 Å². The fourth-order valence-electron chi connectivity index (χ4n) is 3.32. The summed E-state index contributed by atoms with van der Waals surface area (Å²) in [5, 5.41) is 5.78. The van der Waals surface area contributed by atoms with Crippen LogP contribution in [-0.2, 0) is 6.18 Å². The second kappa shape index (κ2) is 6.88. The minimum absolute atomic E-state index is 0.173. The number of nitrogens with one attached hydrogen (secondary N) is 2. The number of hydrogen-bond acceptors (Lipinski definition) is 2. The summed E-state index contributed by atoms with van der Waals surface area (Å²) in [6.45, 7) is 2.60. The van der Waals surface area contributed by atoms with Crippen molar-refractivity contribution in [2.24, 2.45) is 0 Å². The van der Waals surface area contributed by atoms with E-state index < -0.39 is 17.6 Å². The van der Waals surface area contributed by atoms with Crippen molar-refractivity contribution in [3.05, 3.63) is 64.7 Å². The highest BCUT2D eigenvalue weighted by molar-refractivity contribution is 6.04. The third kappa shape index (κ3) is 3.69. The molecule has 0 aliphatic carbocycles. The molecule has 0 radical (unpaired) electrons. The predicted octanol–water partition coefficient (Wildman–Crippen LogP) is 4.34. The van der Waals surface area contributed by atoms with E-state index >= 15 is 0 Å². The molecule has 2 N–H and O–H groups in total. The summed E-state index contributed by atoms with van der Waals surface area (Å²) in [4.78, 5) is 12.4. The number of carbonyl (C=O) groups excluding carboxylic acids is 1. The number of anilines is 1. The van der Waals surface area contributed by atoms with Gasteiger partial charge in [0.2, 0.25) is 0 Å². The number of amides is 1. The summed E-state index contributed by atoms with van der Waals surface area (Å²) >= 11 is 0. The van der Waals surface area contributed by atoms with Crippen molar-refractivity contribution >= 4 is 11.6 Å². The highest BCUT2D eigenvalue weighted by Crippen LogP contribution is 2.42. The molecule has 0 spiro atoms. The topological polar surface area (TPSA) is 41.1 Å². The number of carbonyl (C=O) groups is 1. The molecule has 132 valence electrons. The van der Waals surface area contributed by atoms with E-state index in [1.807, 2.05) is 0 Å². The highest BCUT2D eigenvalue weighted by Gasteiger charge is 2.39. The Morgan fingerprint density at radius 1 is 1.16 bits per heavy atom. The third-order valence-corrected chi connectivity index (χ3v) is 4.49. The van der Waals surface area contributed by atoms with Gasteiger partial charge in [0.05, 0.1) is 5.56 Å². The molecule has 0 bridgehead atoms. The summed E-state index contributed by atoms with van der Waals surface area (Å²) in [6.07, 6.45) is -3.85. The van der Waals surface area contributed by atoms with Crippen LogP contribution >= 0.6 is 0 Å². The van der Waals surface area contributed by atoms with E-state index in [1.165, 1.54) is 13.0 Å². The molecule has 1 aliphatic rings. The van der Waals surface area contributed by atoms with Crippen molar-refractivity contribution in [1.82, 2.24) is 5.32 Å². The van der Waals surface area contributed by atoms with Crippen molar-refractivity contribution in [2.75, 3.05) is 18.4 Å². The Labute approximate surface area is 144 Å². The zero-order valence-electron chi connectivity index (χ0n) is 13.8. The Hall–Kier alpha value is -2.34. The van der Waals surface area contributed by atoms with Crippen LogP contribution in [0.4, 0.5) is 18.9 Å². The summed E-state index contributed by atoms with van der Waals surface area (Å²) in [5.41, 5.74) is 0.369. The average molecular weight is 348 g/mol. The third-order valence-electron chi connectivity index (χ3n) is 4.49. The van der Waals surface area contributed by atoms with Crippen LogP contribution < -0.4 is 10.6 Å². The number of halogens is 3. The van der Waals surface area contributed by atoms with Gasteiger partial charge in [-0.15, -0.1) is 0 Å². The first-order chi connectivity index (χ1) is 11.9. The summed E-state index contributed by atoms with van der Waals surface area (Å²) < 4.78 is 41.0. The van der Waals surface area contributed by atoms with E-state index in [0.717, 1.165) is 0 Å². The van der Waals surface area contributed by atoms with Gasteiger partial charge in [-0.2, -0.15) is 13.2 Å². The fraction of sp³-hybridized carbons (Fsp3) is 0.316. The number of alkyl halides is 3. The van der Waals surface area contributed by atoms with Crippen LogP contribution in [0, 0.1) is 6.92 Å². The van der Waals surface area contributed by atoms with E-state index in [-0.39, 0.29) is 22.7 Å². The molecule has 1 saturated heterocycles. The molecule has 0 aromatic heterocycles. The lowest BCUT2D eigenvalue weighted by atomic mass is 9.88. The van der Waals surface area contributed by atoms with Crippen LogP contribution in [0.3, 0.4) is 0 Å². The minimum atomic E-state index is -4.46. The van der Waals surface area contributed by atoms with Crippen molar-refractivity contribution in [1.29, 1.82) is 0 Å². The first-order valence-corrected chi connectivity index (χ1v) is 8.15. The molecule has 0 saturated carbocycles. The van der Waals surface area contributed by atoms with Crippen molar-refractivity contribution in [3.8, 4) is 0 Å². The molecular formula is C19H19F3N2O. The fourth-order valence-corrected chi connectivity index (χ4v) is 3.32. The first kappa shape index (κ1) is 17.5. The molecule has 2 aromatic rings. The number of benzene rings is 2. The van der Waals surface area contributed by atoms with E-state index in [1.54, 1.807) is 36.4 Å². The van der Waals surface area contributed by atoms with Gasteiger partial charge >= 0.3 is 6.18 Å². The van der Waals surface area contributed by atoms with Crippen molar-refractivity contribution < 1.29 is 18.0 Å². The van der Waals surface area contributed by atoms with Gasteiger partial charge in [0, 0.05) is 23.7 Å². The number of rotatable bonds is 3. The highest BCUT2D eigenvalue weighted by atomic mass is 19.4. The monoisotopic (exact) mass is 348 g/mol. The van der Waals surface area contributed by atoms with Crippen LogP contribution in [0.2, 0.25) is 0 Å². The first-order valence-electron chi connectivity index (χ1n) is 8.15. The molecule has 1 amide bonds. The molecule has 3 nitrogen and oxygen atoms in total. The van der Waals surface area contributed by atoms with Crippen LogP contribution in [-0.4, -0.2) is 19.0 Å². The largest absolute Gasteiger partial charge is 0.417 e. The molecule has 25 heavy (non-hydrogen) atoms. The van der Waals surface area contributed by atoms with E-state index in [0.29, 0.717) is 25.1 Å². The van der Waals surface area contributed by atoms with E-state index in [9.17, 15) is 18.0 Å². The molecule has 1 aliphatic heterocycles. The molecule has 1 unspecified atom stereocenters. The zero-order valence-corrected chi connectivity index (χ0v) is 13.8. The Kier molecular flexibility index (Phi) is 4.81. The lowest BCUT2D eigenvalue weighted by Crippen LogP contribution is -2.20. The molecule has 1 heterocycles. The van der Waals surface area contributed by atoms with Crippen LogP contribution in [0.1, 0.15) is 39.4 Å². The van der Waals surface area contributed by atoms with Gasteiger partial charge in [0.25, 0.3) is 5.91 Å². The Morgan fingerprint density at radius 2 is 1.88 bits per heavy atom. The predicted molar refractivity (Wildman–Crippen MR) is 90.8 cm³/mol. The molecule has 2 aromatic carbocycles. The maximum atomic E-state index is 13.7. The normalized spacial score (nSPS) is 17.5. The maximum Gasteiger partial charge on any atom is 0.417 e. The van der Waals surface area contributed by atoms with Gasteiger partial charge < -0.3 is 10.6 Å². The van der Waals surface area contributed by atoms with Crippen LogP contribution in [0.5, 0.6) is 0 Å². The van der Waals surface area contributed by atoms with E-state index in [4.69, 9.17) is 0 Å². The smallest absolute Gasteiger partial charge is 0.322 e. The molecule has 1 fully saturated rings. The quantitative estimate of drug-likeness (QED) is 0.866. The SMILES string of the molecule is Cc1ccc(NC(=O)c2ccccc2)c(C2CCNC2)c1C(F)(F)F. The zero-order chi connectivity index (χ0) is 18.0. The van der Waals surface area contributed by atoms with Crippen LogP contribution in [0.15, 0.2) is 42.5 Å². The van der Waals surface area contributed by atoms with E-state index in [2.05, 4.69) is 10.6 Å². The van der Waals surface area contributed by atoms with Gasteiger partial charge in [-0.3, -0.25) is 4.79 Å². The lowest BCUT2D eigenvalue weighted by Gasteiger charge is -2.23. The maximum absolute atomic E-state index is 13.7. The van der Waals surface area contributed by atoms with Gasteiger partial charge in [-0.1, -0.05) is 24.3 Å². The summed E-state index contributed by atoms with van der Waals surface area (Å²) in [7, 11) is 0. The average Bonchev–Trinajstić information content (AvgIpc) is 3.10. The van der Waals surface area contributed by atoms with Gasteiger partial charge in [-0.05, 0) is 49.2 Å². The number of hydrogen-bond donors (Lipinski definition) is 2. The second-order valence-electron chi connectivity index (χ2n) is 6.23. The molecular weight excluding hydrogens is 329 g/mol. The number of aryl methyl sites for hydroxylation is 1. The molecule has 1 atom stereocenters. The van der Waals surface area contributed by atoms with Gasteiger partial charge in [0.1, 0.15) is 0 Å². The Bertz CT molecular complexity index is 766. The summed E-state index contributed by atoms with van der Waals surface area (Å²) in [5.74, 6) is -0.688. The standard InChI is InChI=1S/C19H19F3N2O/c1-12-7-8-15(24-18(25)13-5-3-2-4-6-13)16(14-9-10-23-11-14)17(12)19(20,21)22/h2-8,14,23H,9-11H2,1H3,(H,24,25). The van der Waals surface area contributed by atoms with Crippen molar-refractivity contribution in [3.63, 3.8) is 0 Å². The second-order valence-corrected chi connectivity index (χ2v) is 6.23. The van der Waals surface area contributed by atoms with Gasteiger partial charge in [-0.25, -0.2) is 0 Å².